The van der Waals surface area contributed by atoms with Crippen molar-refractivity contribution in [3.05, 3.63) is 45.7 Å². The van der Waals surface area contributed by atoms with E-state index in [1.54, 1.807) is 18.5 Å². The number of hydrogen-bond acceptors (Lipinski definition) is 5. The molecule has 0 amide bonds. The Labute approximate surface area is 118 Å². The molecule has 0 aliphatic carbocycles. The van der Waals surface area contributed by atoms with Crippen LogP contribution in [0.4, 0.5) is 0 Å². The summed E-state index contributed by atoms with van der Waals surface area (Å²) in [6, 6.07) is 3.59. The van der Waals surface area contributed by atoms with Crippen LogP contribution in [0.2, 0.25) is 0 Å². The van der Waals surface area contributed by atoms with Gasteiger partial charge in [0.25, 0.3) is 0 Å². The van der Waals surface area contributed by atoms with Crippen molar-refractivity contribution in [1.82, 2.24) is 14.5 Å². The quantitative estimate of drug-likeness (QED) is 0.687. The van der Waals surface area contributed by atoms with Crippen molar-refractivity contribution >= 4 is 22.4 Å². The highest BCUT2D eigenvalue weighted by Crippen LogP contribution is 2.30. The number of ether oxygens (including phenoxy) is 1. The molecule has 0 aromatic carbocycles. The fourth-order valence-corrected chi connectivity index (χ4v) is 3.18. The molecule has 3 aromatic rings. The maximum Gasteiger partial charge on any atom is 0.208 e. The number of hydrogen-bond donors (Lipinski definition) is 0. The van der Waals surface area contributed by atoms with Gasteiger partial charge in [-0.3, -0.25) is 4.79 Å². The molecule has 0 fully saturated rings. The van der Waals surface area contributed by atoms with Gasteiger partial charge in [-0.25, -0.2) is 14.5 Å². The van der Waals surface area contributed by atoms with Crippen LogP contribution in [-0.2, 0) is 6.42 Å². The van der Waals surface area contributed by atoms with Gasteiger partial charge in [0.15, 0.2) is 16.2 Å². The third-order valence-corrected chi connectivity index (χ3v) is 4.16. The van der Waals surface area contributed by atoms with Crippen LogP contribution in [0.15, 0.2) is 34.7 Å². The van der Waals surface area contributed by atoms with E-state index < -0.39 is 0 Å². The van der Waals surface area contributed by atoms with Crippen molar-refractivity contribution in [2.75, 3.05) is 6.61 Å². The monoisotopic (exact) mass is 285 g/mol. The molecular formula is C14H11N3O2S. The lowest BCUT2D eigenvalue weighted by atomic mass is 10.1. The van der Waals surface area contributed by atoms with E-state index in [0.29, 0.717) is 23.5 Å². The van der Waals surface area contributed by atoms with Crippen LogP contribution in [0.25, 0.3) is 16.2 Å². The van der Waals surface area contributed by atoms with Crippen LogP contribution < -0.4 is 10.2 Å². The van der Waals surface area contributed by atoms with Crippen LogP contribution in [0.3, 0.4) is 0 Å². The predicted octanol–water partition coefficient (Wildman–Crippen LogP) is 2.17. The highest BCUT2D eigenvalue weighted by Gasteiger charge is 2.23. The minimum absolute atomic E-state index is 0.0237. The molecule has 0 spiro atoms. The lowest BCUT2D eigenvalue weighted by molar-refractivity contribution is 0.270. The van der Waals surface area contributed by atoms with Gasteiger partial charge in [-0.05, 0) is 25.0 Å². The van der Waals surface area contributed by atoms with E-state index >= 15 is 0 Å². The molecule has 100 valence electrons. The first-order valence-corrected chi connectivity index (χ1v) is 7.29. The number of pyridine rings is 2. The molecule has 0 radical (unpaired) electrons. The Kier molecular flexibility index (Phi) is 2.56. The zero-order valence-corrected chi connectivity index (χ0v) is 11.4. The summed E-state index contributed by atoms with van der Waals surface area (Å²) in [4.78, 5) is 21.2. The third-order valence-electron chi connectivity index (χ3n) is 3.40. The smallest absolute Gasteiger partial charge is 0.208 e. The van der Waals surface area contributed by atoms with Crippen molar-refractivity contribution in [1.29, 1.82) is 0 Å². The second-order valence-electron chi connectivity index (χ2n) is 4.59. The number of thiazole rings is 1. The average molecular weight is 285 g/mol. The lowest BCUT2D eigenvalue weighted by Crippen LogP contribution is -2.23. The molecule has 0 N–H and O–H groups in total. The summed E-state index contributed by atoms with van der Waals surface area (Å²) in [5.41, 5.74) is 1.36. The highest BCUT2D eigenvalue weighted by molar-refractivity contribution is 7.12. The molecule has 4 rings (SSSR count). The Morgan fingerprint density at radius 2 is 2.25 bits per heavy atom. The summed E-state index contributed by atoms with van der Waals surface area (Å²) >= 11 is 1.50. The largest absolute Gasteiger partial charge is 0.478 e. The molecule has 0 saturated heterocycles. The van der Waals surface area contributed by atoms with E-state index in [1.165, 1.54) is 11.3 Å². The fraction of sp³-hybridized carbons (Fsp3) is 0.214. The second-order valence-corrected chi connectivity index (χ2v) is 5.46. The number of nitrogens with zero attached hydrogens (tertiary/aromatic N) is 3. The molecule has 3 aromatic heterocycles. The fourth-order valence-electron chi connectivity index (χ4n) is 2.54. The molecule has 0 atom stereocenters. The van der Waals surface area contributed by atoms with E-state index in [4.69, 9.17) is 4.74 Å². The molecule has 20 heavy (non-hydrogen) atoms. The van der Waals surface area contributed by atoms with Crippen molar-refractivity contribution < 1.29 is 4.74 Å². The van der Waals surface area contributed by atoms with Crippen LogP contribution in [0, 0.1) is 0 Å². The molecule has 1 aliphatic rings. The Morgan fingerprint density at radius 1 is 1.30 bits per heavy atom. The standard InChI is InChI=1S/C14H11N3O2S/c18-11-9-3-1-5-15-12(9)17(14-16-6-8-20-14)13-10(11)4-2-7-19-13/h1,3,5-6,8H,2,4,7H2. The van der Waals surface area contributed by atoms with Crippen LogP contribution in [-0.4, -0.2) is 21.1 Å². The summed E-state index contributed by atoms with van der Waals surface area (Å²) in [6.07, 6.45) is 5.03. The number of aromatic nitrogens is 3. The van der Waals surface area contributed by atoms with Crippen molar-refractivity contribution in [3.63, 3.8) is 0 Å². The minimum Gasteiger partial charge on any atom is -0.478 e. The summed E-state index contributed by atoms with van der Waals surface area (Å²) in [5, 5.41) is 3.29. The van der Waals surface area contributed by atoms with Crippen molar-refractivity contribution in [2.24, 2.45) is 0 Å². The molecule has 5 nitrogen and oxygen atoms in total. The van der Waals surface area contributed by atoms with E-state index in [2.05, 4.69) is 9.97 Å². The van der Waals surface area contributed by atoms with Crippen LogP contribution in [0.5, 0.6) is 5.88 Å². The Morgan fingerprint density at radius 3 is 3.10 bits per heavy atom. The first-order valence-electron chi connectivity index (χ1n) is 6.41. The Hall–Kier alpha value is -2.21. The zero-order chi connectivity index (χ0) is 13.5. The van der Waals surface area contributed by atoms with Gasteiger partial charge < -0.3 is 4.74 Å². The summed E-state index contributed by atoms with van der Waals surface area (Å²) < 4.78 is 7.61. The van der Waals surface area contributed by atoms with E-state index in [9.17, 15) is 4.79 Å². The van der Waals surface area contributed by atoms with Gasteiger partial charge in [0.2, 0.25) is 5.88 Å². The van der Waals surface area contributed by atoms with E-state index in [1.807, 2.05) is 16.0 Å². The van der Waals surface area contributed by atoms with E-state index in [-0.39, 0.29) is 5.43 Å². The Bertz CT molecular complexity index is 839. The normalized spacial score (nSPS) is 14.0. The van der Waals surface area contributed by atoms with Crippen molar-refractivity contribution in [2.45, 2.75) is 12.8 Å². The van der Waals surface area contributed by atoms with Gasteiger partial charge in [0.05, 0.1) is 17.6 Å². The molecule has 0 unspecified atom stereocenters. The number of fused-ring (bicyclic) bond motifs is 2. The maximum absolute atomic E-state index is 12.5. The molecule has 1 aliphatic heterocycles. The van der Waals surface area contributed by atoms with Gasteiger partial charge in [0, 0.05) is 17.8 Å². The predicted molar refractivity (Wildman–Crippen MR) is 76.8 cm³/mol. The molecule has 6 heteroatoms. The molecular weight excluding hydrogens is 274 g/mol. The zero-order valence-electron chi connectivity index (χ0n) is 10.6. The van der Waals surface area contributed by atoms with Crippen LogP contribution >= 0.6 is 11.3 Å². The SMILES string of the molecule is O=c1c2c(n(-c3nccs3)c3ncccc13)OCCC2. The molecule has 4 heterocycles. The minimum atomic E-state index is 0.0237. The lowest BCUT2D eigenvalue weighted by Gasteiger charge is -2.21. The van der Waals surface area contributed by atoms with Gasteiger partial charge in [0.1, 0.15) is 0 Å². The number of rotatable bonds is 1. The van der Waals surface area contributed by atoms with E-state index in [0.717, 1.165) is 23.5 Å². The molecule has 0 bridgehead atoms. The topological polar surface area (TPSA) is 57.0 Å². The van der Waals surface area contributed by atoms with Gasteiger partial charge in [-0.15, -0.1) is 11.3 Å². The Balaban J connectivity index is 2.20. The van der Waals surface area contributed by atoms with Gasteiger partial charge >= 0.3 is 0 Å². The summed E-state index contributed by atoms with van der Waals surface area (Å²) in [5.74, 6) is 0.599. The third kappa shape index (κ3) is 1.58. The summed E-state index contributed by atoms with van der Waals surface area (Å²) in [7, 11) is 0. The van der Waals surface area contributed by atoms with Crippen molar-refractivity contribution in [3.8, 4) is 11.0 Å². The average Bonchev–Trinajstić information content (AvgIpc) is 3.02. The summed E-state index contributed by atoms with van der Waals surface area (Å²) in [6.45, 7) is 0.621. The maximum atomic E-state index is 12.5. The van der Waals surface area contributed by atoms with Gasteiger partial charge in [-0.2, -0.15) is 0 Å². The molecule has 0 saturated carbocycles. The first-order chi connectivity index (χ1) is 9.86. The highest BCUT2D eigenvalue weighted by atomic mass is 32.1. The van der Waals surface area contributed by atoms with Gasteiger partial charge in [-0.1, -0.05) is 0 Å². The first kappa shape index (κ1) is 11.6. The second kappa shape index (κ2) is 4.42. The van der Waals surface area contributed by atoms with Crippen LogP contribution in [0.1, 0.15) is 12.0 Å².